The van der Waals surface area contributed by atoms with Crippen LogP contribution in [0.5, 0.6) is 0 Å². The topological polar surface area (TPSA) is 29.5 Å². The third-order valence-electron chi connectivity index (χ3n) is 5.30. The molecular formula is C18H25BrO2. The molecule has 1 saturated carbocycles. The minimum Gasteiger partial charge on any atom is -0.388 e. The van der Waals surface area contributed by atoms with Crippen molar-refractivity contribution in [3.63, 3.8) is 0 Å². The minimum absolute atomic E-state index is 0.0576. The van der Waals surface area contributed by atoms with Gasteiger partial charge in [-0.3, -0.25) is 0 Å². The van der Waals surface area contributed by atoms with E-state index in [-0.39, 0.29) is 11.7 Å². The van der Waals surface area contributed by atoms with Gasteiger partial charge in [0.15, 0.2) is 0 Å². The van der Waals surface area contributed by atoms with E-state index in [1.54, 1.807) is 0 Å². The first-order valence-corrected chi connectivity index (χ1v) is 8.97. The molecule has 0 radical (unpaired) electrons. The van der Waals surface area contributed by atoms with E-state index in [4.69, 9.17) is 4.74 Å². The third kappa shape index (κ3) is 3.35. The van der Waals surface area contributed by atoms with Gasteiger partial charge < -0.3 is 9.84 Å². The standard InChI is InChI=1S/C18H25BrO2/c1-13-5-6-15(19)11-16(13)17(20)14-7-10-21-18(12-14)8-3-2-4-9-18/h5-6,11,14,17,20H,2-4,7-10,12H2,1H3. The fraction of sp³-hybridized carbons (Fsp3) is 0.667. The number of aliphatic hydroxyl groups is 1. The van der Waals surface area contributed by atoms with E-state index in [1.807, 2.05) is 6.07 Å². The van der Waals surface area contributed by atoms with Gasteiger partial charge in [0.25, 0.3) is 0 Å². The Morgan fingerprint density at radius 3 is 2.81 bits per heavy atom. The number of ether oxygens (including phenoxy) is 1. The molecule has 1 aromatic rings. The third-order valence-corrected chi connectivity index (χ3v) is 5.80. The lowest BCUT2D eigenvalue weighted by Gasteiger charge is -2.44. The molecule has 0 bridgehead atoms. The Balaban J connectivity index is 1.77. The number of hydrogen-bond acceptors (Lipinski definition) is 2. The molecule has 2 fully saturated rings. The van der Waals surface area contributed by atoms with Crippen LogP contribution < -0.4 is 0 Å². The van der Waals surface area contributed by atoms with Gasteiger partial charge in [0.2, 0.25) is 0 Å². The molecule has 2 nitrogen and oxygen atoms in total. The largest absolute Gasteiger partial charge is 0.388 e. The molecule has 2 unspecified atom stereocenters. The van der Waals surface area contributed by atoms with Crippen molar-refractivity contribution in [2.75, 3.05) is 6.61 Å². The molecule has 1 aliphatic carbocycles. The molecule has 0 amide bonds. The first-order valence-electron chi connectivity index (χ1n) is 8.18. The highest BCUT2D eigenvalue weighted by atomic mass is 79.9. The summed E-state index contributed by atoms with van der Waals surface area (Å²) in [6.45, 7) is 2.88. The molecule has 1 saturated heterocycles. The van der Waals surface area contributed by atoms with E-state index in [9.17, 15) is 5.11 Å². The van der Waals surface area contributed by atoms with Crippen molar-refractivity contribution in [1.29, 1.82) is 0 Å². The van der Waals surface area contributed by atoms with Gasteiger partial charge in [-0.15, -0.1) is 0 Å². The van der Waals surface area contributed by atoms with Crippen LogP contribution in [0.3, 0.4) is 0 Å². The van der Waals surface area contributed by atoms with Crippen LogP contribution in [0.1, 0.15) is 62.2 Å². The smallest absolute Gasteiger partial charge is 0.0823 e. The molecule has 1 aliphatic heterocycles. The van der Waals surface area contributed by atoms with Gasteiger partial charge in [-0.25, -0.2) is 0 Å². The summed E-state index contributed by atoms with van der Waals surface area (Å²) in [4.78, 5) is 0. The summed E-state index contributed by atoms with van der Waals surface area (Å²) >= 11 is 3.52. The Hall–Kier alpha value is -0.380. The van der Waals surface area contributed by atoms with Crippen molar-refractivity contribution in [2.45, 2.75) is 63.6 Å². The maximum atomic E-state index is 10.9. The summed E-state index contributed by atoms with van der Waals surface area (Å²) in [6.07, 6.45) is 7.85. The summed E-state index contributed by atoms with van der Waals surface area (Å²) in [6, 6.07) is 6.19. The molecule has 2 atom stereocenters. The zero-order valence-corrected chi connectivity index (χ0v) is 14.4. The van der Waals surface area contributed by atoms with Gasteiger partial charge >= 0.3 is 0 Å². The van der Waals surface area contributed by atoms with Crippen LogP contribution >= 0.6 is 15.9 Å². The number of benzene rings is 1. The predicted octanol–water partition coefficient (Wildman–Crippen LogP) is 4.92. The van der Waals surface area contributed by atoms with Gasteiger partial charge in [0, 0.05) is 11.1 Å². The van der Waals surface area contributed by atoms with Crippen molar-refractivity contribution < 1.29 is 9.84 Å². The van der Waals surface area contributed by atoms with Crippen molar-refractivity contribution in [3.8, 4) is 0 Å². The van der Waals surface area contributed by atoms with Crippen molar-refractivity contribution in [2.24, 2.45) is 5.92 Å². The maximum Gasteiger partial charge on any atom is 0.0823 e. The number of hydrogen-bond donors (Lipinski definition) is 1. The monoisotopic (exact) mass is 352 g/mol. The highest BCUT2D eigenvalue weighted by Crippen LogP contribution is 2.44. The molecule has 1 heterocycles. The van der Waals surface area contributed by atoms with Gasteiger partial charge in [0.1, 0.15) is 0 Å². The second-order valence-corrected chi connectivity index (χ2v) is 7.71. The predicted molar refractivity (Wildman–Crippen MR) is 88.3 cm³/mol. The lowest BCUT2D eigenvalue weighted by molar-refractivity contribution is -0.134. The highest BCUT2D eigenvalue weighted by Gasteiger charge is 2.40. The van der Waals surface area contributed by atoms with Crippen LogP contribution in [-0.4, -0.2) is 17.3 Å². The second kappa shape index (κ2) is 6.39. The van der Waals surface area contributed by atoms with Crippen LogP contribution in [0.15, 0.2) is 22.7 Å². The molecule has 21 heavy (non-hydrogen) atoms. The highest BCUT2D eigenvalue weighted by molar-refractivity contribution is 9.10. The molecule has 1 aromatic carbocycles. The normalized spacial score (nSPS) is 26.7. The Bertz CT molecular complexity index is 488. The van der Waals surface area contributed by atoms with Gasteiger partial charge in [0.05, 0.1) is 11.7 Å². The molecule has 116 valence electrons. The van der Waals surface area contributed by atoms with Crippen molar-refractivity contribution in [1.82, 2.24) is 0 Å². The van der Waals surface area contributed by atoms with E-state index in [0.29, 0.717) is 5.92 Å². The summed E-state index contributed by atoms with van der Waals surface area (Å²) in [5.41, 5.74) is 2.30. The Kier molecular flexibility index (Phi) is 4.72. The van der Waals surface area contributed by atoms with E-state index in [1.165, 1.54) is 37.7 Å². The maximum absolute atomic E-state index is 10.9. The van der Waals surface area contributed by atoms with Crippen LogP contribution in [0, 0.1) is 12.8 Å². The van der Waals surface area contributed by atoms with Crippen LogP contribution in [0.25, 0.3) is 0 Å². The molecule has 1 N–H and O–H groups in total. The molecule has 0 aromatic heterocycles. The van der Waals surface area contributed by atoms with E-state index in [0.717, 1.165) is 29.5 Å². The van der Waals surface area contributed by atoms with Crippen LogP contribution in [-0.2, 0) is 4.74 Å². The lowest BCUT2D eigenvalue weighted by Crippen LogP contribution is -2.42. The number of rotatable bonds is 2. The number of aryl methyl sites for hydroxylation is 1. The Morgan fingerprint density at radius 2 is 2.05 bits per heavy atom. The summed E-state index contributed by atoms with van der Waals surface area (Å²) in [5, 5.41) is 10.9. The molecule has 3 heteroatoms. The molecule has 2 aliphatic rings. The summed E-state index contributed by atoms with van der Waals surface area (Å²) in [5.74, 6) is 0.324. The van der Waals surface area contributed by atoms with Crippen LogP contribution in [0.4, 0.5) is 0 Å². The SMILES string of the molecule is Cc1ccc(Br)cc1C(O)C1CCOC2(CCCCC2)C1. The lowest BCUT2D eigenvalue weighted by atomic mass is 9.73. The molecule has 1 spiro atoms. The number of halogens is 1. The second-order valence-electron chi connectivity index (χ2n) is 6.79. The number of aliphatic hydroxyl groups excluding tert-OH is 1. The van der Waals surface area contributed by atoms with Gasteiger partial charge in [-0.1, -0.05) is 41.3 Å². The first-order chi connectivity index (χ1) is 10.1. The fourth-order valence-electron chi connectivity index (χ4n) is 4.06. The summed E-state index contributed by atoms with van der Waals surface area (Å²) in [7, 11) is 0. The summed E-state index contributed by atoms with van der Waals surface area (Å²) < 4.78 is 7.20. The van der Waals surface area contributed by atoms with E-state index in [2.05, 4.69) is 35.0 Å². The van der Waals surface area contributed by atoms with Crippen LogP contribution in [0.2, 0.25) is 0 Å². The fourth-order valence-corrected chi connectivity index (χ4v) is 4.44. The van der Waals surface area contributed by atoms with Crippen molar-refractivity contribution in [3.05, 3.63) is 33.8 Å². The zero-order chi connectivity index (χ0) is 14.9. The zero-order valence-electron chi connectivity index (χ0n) is 12.8. The average molecular weight is 353 g/mol. The van der Waals surface area contributed by atoms with E-state index >= 15 is 0 Å². The first kappa shape index (κ1) is 15.5. The molecule has 3 rings (SSSR count). The van der Waals surface area contributed by atoms with Gasteiger partial charge in [-0.2, -0.15) is 0 Å². The van der Waals surface area contributed by atoms with Gasteiger partial charge in [-0.05, 0) is 61.8 Å². The Labute approximate surface area is 136 Å². The average Bonchev–Trinajstić information content (AvgIpc) is 2.50. The Morgan fingerprint density at radius 1 is 1.29 bits per heavy atom. The van der Waals surface area contributed by atoms with E-state index < -0.39 is 0 Å². The quantitative estimate of drug-likeness (QED) is 0.818. The van der Waals surface area contributed by atoms with Crippen molar-refractivity contribution >= 4 is 15.9 Å². The minimum atomic E-state index is -0.370. The molecular weight excluding hydrogens is 328 g/mol.